The van der Waals surface area contributed by atoms with Crippen LogP contribution >= 0.6 is 34.2 Å². The number of alkyl halides is 2. The van der Waals surface area contributed by atoms with Crippen LogP contribution in [-0.2, 0) is 6.42 Å². The van der Waals surface area contributed by atoms with Gasteiger partial charge >= 0.3 is 0 Å². The van der Waals surface area contributed by atoms with Crippen LogP contribution in [-0.4, -0.2) is 3.38 Å². The predicted octanol–water partition coefficient (Wildman–Crippen LogP) is 3.23. The van der Waals surface area contributed by atoms with E-state index in [4.69, 9.17) is 11.6 Å². The predicted molar refractivity (Wildman–Crippen MR) is 53.8 cm³/mol. The highest BCUT2D eigenvalue weighted by molar-refractivity contribution is 14.1. The highest BCUT2D eigenvalue weighted by Gasteiger charge is 1.97. The first-order chi connectivity index (χ1) is 4.79. The van der Waals surface area contributed by atoms with E-state index in [9.17, 15) is 0 Å². The van der Waals surface area contributed by atoms with Crippen LogP contribution in [0, 0.1) is 0 Å². The zero-order valence-corrected chi connectivity index (χ0v) is 8.34. The molecule has 54 valence electrons. The number of hydrogen-bond donors (Lipinski definition) is 0. The summed E-state index contributed by atoms with van der Waals surface area (Å²) in [6.45, 7) is 0. The van der Waals surface area contributed by atoms with Gasteiger partial charge in [0.15, 0.2) is 0 Å². The lowest BCUT2D eigenvalue weighted by Crippen LogP contribution is -1.91. The average molecular weight is 267 g/mol. The molecule has 0 saturated carbocycles. The summed E-state index contributed by atoms with van der Waals surface area (Å²) in [7, 11) is 0. The maximum absolute atomic E-state index is 5.80. The largest absolute Gasteiger partial charge is 0.111 e. The molecular weight excluding hydrogens is 258 g/mol. The fraction of sp³-hybridized carbons (Fsp3) is 0.250. The van der Waals surface area contributed by atoms with E-state index >= 15 is 0 Å². The lowest BCUT2D eigenvalue weighted by atomic mass is 10.2. The zero-order valence-electron chi connectivity index (χ0n) is 5.43. The highest BCUT2D eigenvalue weighted by Crippen LogP contribution is 2.12. The molecule has 0 bridgehead atoms. The molecule has 0 radical (unpaired) electrons. The molecular formula is C8H8ClI. The molecule has 0 aliphatic carbocycles. The second-order valence-corrected chi connectivity index (χ2v) is 4.85. The minimum atomic E-state index is 0.208. The summed E-state index contributed by atoms with van der Waals surface area (Å²) in [6, 6.07) is 10.3. The Kier molecular flexibility index (Phi) is 3.49. The monoisotopic (exact) mass is 266 g/mol. The van der Waals surface area contributed by atoms with Crippen LogP contribution in [0.25, 0.3) is 0 Å². The van der Waals surface area contributed by atoms with E-state index in [0.29, 0.717) is 0 Å². The van der Waals surface area contributed by atoms with Crippen LogP contribution in [0.3, 0.4) is 0 Å². The van der Waals surface area contributed by atoms with E-state index in [0.717, 1.165) is 6.42 Å². The normalized spacial score (nSPS) is 13.0. The molecule has 0 nitrogen and oxygen atoms in total. The maximum atomic E-state index is 5.80. The lowest BCUT2D eigenvalue weighted by molar-refractivity contribution is 1.12. The molecule has 1 aromatic carbocycles. The van der Waals surface area contributed by atoms with Crippen LogP contribution in [0.5, 0.6) is 0 Å². The fourth-order valence-corrected chi connectivity index (χ4v) is 1.48. The van der Waals surface area contributed by atoms with Crippen molar-refractivity contribution in [3.8, 4) is 0 Å². The van der Waals surface area contributed by atoms with Gasteiger partial charge in [0.05, 0.1) is 3.38 Å². The van der Waals surface area contributed by atoms with Crippen molar-refractivity contribution < 1.29 is 0 Å². The first kappa shape index (κ1) is 8.34. The van der Waals surface area contributed by atoms with Gasteiger partial charge < -0.3 is 0 Å². The zero-order chi connectivity index (χ0) is 7.40. The van der Waals surface area contributed by atoms with Crippen molar-refractivity contribution in [2.75, 3.05) is 0 Å². The second kappa shape index (κ2) is 4.19. The smallest absolute Gasteiger partial charge is 0.0890 e. The highest BCUT2D eigenvalue weighted by atomic mass is 127. The van der Waals surface area contributed by atoms with Gasteiger partial charge in [-0.3, -0.25) is 0 Å². The van der Waals surface area contributed by atoms with Gasteiger partial charge in [0.2, 0.25) is 0 Å². The maximum Gasteiger partial charge on any atom is 0.0890 e. The number of halogens is 2. The van der Waals surface area contributed by atoms with E-state index in [1.54, 1.807) is 0 Å². The quantitative estimate of drug-likeness (QED) is 0.569. The molecule has 1 aromatic rings. The molecule has 0 aromatic heterocycles. The van der Waals surface area contributed by atoms with Gasteiger partial charge in [-0.25, -0.2) is 0 Å². The SMILES string of the molecule is Cl[C@H](I)Cc1ccccc1. The lowest BCUT2D eigenvalue weighted by Gasteiger charge is -1.99. The van der Waals surface area contributed by atoms with Crippen LogP contribution in [0.2, 0.25) is 0 Å². The Balaban J connectivity index is 2.59. The summed E-state index contributed by atoms with van der Waals surface area (Å²) in [5.41, 5.74) is 1.30. The van der Waals surface area contributed by atoms with Gasteiger partial charge in [-0.15, -0.1) is 11.6 Å². The minimum absolute atomic E-state index is 0.208. The Morgan fingerprint density at radius 2 is 1.90 bits per heavy atom. The Morgan fingerprint density at radius 1 is 1.30 bits per heavy atom. The first-order valence-corrected chi connectivity index (χ1v) is 4.79. The van der Waals surface area contributed by atoms with Crippen molar-refractivity contribution in [1.82, 2.24) is 0 Å². The second-order valence-electron chi connectivity index (χ2n) is 2.08. The summed E-state index contributed by atoms with van der Waals surface area (Å²) in [5.74, 6) is 0. The third-order valence-corrected chi connectivity index (χ3v) is 1.83. The molecule has 0 amide bonds. The van der Waals surface area contributed by atoms with Crippen LogP contribution in [0.4, 0.5) is 0 Å². The minimum Gasteiger partial charge on any atom is -0.111 e. The number of hydrogen-bond acceptors (Lipinski definition) is 0. The van der Waals surface area contributed by atoms with Gasteiger partial charge in [-0.05, 0) is 12.0 Å². The summed E-state index contributed by atoms with van der Waals surface area (Å²) in [4.78, 5) is 0. The van der Waals surface area contributed by atoms with Crippen molar-refractivity contribution in [2.45, 2.75) is 9.80 Å². The van der Waals surface area contributed by atoms with E-state index in [-0.39, 0.29) is 3.38 Å². The van der Waals surface area contributed by atoms with Crippen molar-refractivity contribution in [3.63, 3.8) is 0 Å². The molecule has 0 aliphatic heterocycles. The third-order valence-electron chi connectivity index (χ3n) is 1.23. The summed E-state index contributed by atoms with van der Waals surface area (Å²) < 4.78 is 0.208. The topological polar surface area (TPSA) is 0 Å². The van der Waals surface area contributed by atoms with Crippen molar-refractivity contribution in [3.05, 3.63) is 35.9 Å². The molecule has 10 heavy (non-hydrogen) atoms. The number of rotatable bonds is 2. The van der Waals surface area contributed by atoms with E-state index in [1.807, 2.05) is 18.2 Å². The molecule has 0 spiro atoms. The summed E-state index contributed by atoms with van der Waals surface area (Å²) in [6.07, 6.45) is 0.947. The third kappa shape index (κ3) is 2.88. The molecule has 1 atom stereocenters. The Morgan fingerprint density at radius 3 is 2.40 bits per heavy atom. The summed E-state index contributed by atoms with van der Waals surface area (Å²) in [5, 5.41) is 0. The van der Waals surface area contributed by atoms with Crippen LogP contribution < -0.4 is 0 Å². The van der Waals surface area contributed by atoms with Crippen molar-refractivity contribution >= 4 is 34.2 Å². The van der Waals surface area contributed by atoms with Gasteiger partial charge in [-0.2, -0.15) is 0 Å². The molecule has 0 heterocycles. The van der Waals surface area contributed by atoms with Crippen molar-refractivity contribution in [1.29, 1.82) is 0 Å². The molecule has 0 unspecified atom stereocenters. The summed E-state index contributed by atoms with van der Waals surface area (Å²) >= 11 is 8.01. The van der Waals surface area contributed by atoms with Gasteiger partial charge in [-0.1, -0.05) is 52.9 Å². The van der Waals surface area contributed by atoms with Gasteiger partial charge in [0, 0.05) is 0 Å². The molecule has 0 aliphatic rings. The molecule has 0 N–H and O–H groups in total. The Labute approximate surface area is 79.7 Å². The Hall–Kier alpha value is 0.240. The first-order valence-electron chi connectivity index (χ1n) is 3.11. The fourth-order valence-electron chi connectivity index (χ4n) is 0.792. The van der Waals surface area contributed by atoms with E-state index in [1.165, 1.54) is 5.56 Å². The number of benzene rings is 1. The Bertz CT molecular complexity index is 184. The van der Waals surface area contributed by atoms with Crippen LogP contribution in [0.15, 0.2) is 30.3 Å². The van der Waals surface area contributed by atoms with Crippen molar-refractivity contribution in [2.24, 2.45) is 0 Å². The molecule has 0 saturated heterocycles. The van der Waals surface area contributed by atoms with E-state index < -0.39 is 0 Å². The van der Waals surface area contributed by atoms with Crippen LogP contribution in [0.1, 0.15) is 5.56 Å². The van der Waals surface area contributed by atoms with E-state index in [2.05, 4.69) is 34.7 Å². The molecule has 1 rings (SSSR count). The van der Waals surface area contributed by atoms with Gasteiger partial charge in [0.25, 0.3) is 0 Å². The standard InChI is InChI=1S/C8H8ClI/c9-8(10)6-7-4-2-1-3-5-7/h1-5,8H,6H2/t8-/m1/s1. The van der Waals surface area contributed by atoms with Gasteiger partial charge in [0.1, 0.15) is 0 Å². The molecule has 0 fully saturated rings. The average Bonchev–Trinajstić information content (AvgIpc) is 1.88. The molecule has 2 heteroatoms.